The smallest absolute Gasteiger partial charge is 0.397 e. The van der Waals surface area contributed by atoms with E-state index in [1.165, 1.54) is 217 Å². The second-order valence-corrected chi connectivity index (χ2v) is 25.6. The third-order valence-corrected chi connectivity index (χ3v) is 20.0. The molecule has 71 heavy (non-hydrogen) atoms. The Balaban J connectivity index is 0.942. The molecule has 0 heterocycles. The summed E-state index contributed by atoms with van der Waals surface area (Å²) in [6.07, 6.45) is 49.4. The van der Waals surface area contributed by atoms with E-state index in [9.17, 15) is 0 Å². The third-order valence-electron chi connectivity index (χ3n) is 17.6. The van der Waals surface area contributed by atoms with Gasteiger partial charge in [-0.2, -0.15) is 0 Å². The largest absolute Gasteiger partial charge is 0.427 e. The molecule has 0 spiro atoms. The fourth-order valence-corrected chi connectivity index (χ4v) is 15.0. The topological polar surface area (TPSA) is 55.4 Å². The molecule has 0 saturated heterocycles. The molecule has 2 atom stereocenters. The van der Waals surface area contributed by atoms with Gasteiger partial charge < -0.3 is 18.1 Å². The van der Waals surface area contributed by atoms with Gasteiger partial charge in [-0.1, -0.05) is 206 Å². The summed E-state index contributed by atoms with van der Waals surface area (Å²) in [6, 6.07) is 17.9. The van der Waals surface area contributed by atoms with Gasteiger partial charge >= 0.3 is 17.2 Å². The van der Waals surface area contributed by atoms with Gasteiger partial charge in [-0.25, -0.2) is 0 Å². The van der Waals surface area contributed by atoms with E-state index >= 15 is 0 Å². The molecule has 2 aromatic carbocycles. The van der Waals surface area contributed by atoms with Crippen LogP contribution in [0.3, 0.4) is 0 Å². The van der Waals surface area contributed by atoms with E-state index in [0.29, 0.717) is 36.9 Å². The SMILES string of the molecule is CCCCCCCCCCCCOP(Oc1ccc(C2CCCCC2)cc1)OC1CCC(C(C)(C)C2CCC(OP(OCCCCCCCCCCCC)Oc3ccc(C4CCCCC4)cc3)CC2)CC1. The van der Waals surface area contributed by atoms with E-state index in [1.807, 2.05) is 0 Å². The van der Waals surface area contributed by atoms with Gasteiger partial charge in [0.1, 0.15) is 11.5 Å². The molecule has 0 bridgehead atoms. The van der Waals surface area contributed by atoms with Crippen LogP contribution < -0.4 is 9.05 Å². The molecule has 0 N–H and O–H groups in total. The van der Waals surface area contributed by atoms with Crippen molar-refractivity contribution >= 4 is 17.2 Å². The van der Waals surface area contributed by atoms with Gasteiger partial charge in [0.05, 0.1) is 25.4 Å². The molecule has 4 saturated carbocycles. The highest BCUT2D eigenvalue weighted by Gasteiger charge is 2.42. The predicted octanol–water partition coefficient (Wildman–Crippen LogP) is 21.7. The van der Waals surface area contributed by atoms with Crippen molar-refractivity contribution in [2.45, 2.75) is 296 Å². The highest BCUT2D eigenvalue weighted by Crippen LogP contribution is 2.53. The molecule has 0 aromatic heterocycles. The minimum absolute atomic E-state index is 0.189. The van der Waals surface area contributed by atoms with E-state index in [0.717, 1.165) is 50.0 Å². The molecule has 0 radical (unpaired) electrons. The number of hydrogen-bond donors (Lipinski definition) is 0. The maximum Gasteiger partial charge on any atom is 0.397 e. The van der Waals surface area contributed by atoms with Crippen LogP contribution in [-0.2, 0) is 18.1 Å². The lowest BCUT2D eigenvalue weighted by Gasteiger charge is -2.46. The van der Waals surface area contributed by atoms with E-state index in [1.54, 1.807) is 0 Å². The number of unbranched alkanes of at least 4 members (excludes halogenated alkanes) is 18. The Morgan fingerprint density at radius 3 is 1.01 bits per heavy atom. The zero-order valence-electron chi connectivity index (χ0n) is 46.2. The standard InChI is InChI=1S/C63H106O6P2/c1-5-7-9-11-13-15-17-19-21-29-51-64-70(66-59-43-35-55(36-44-59)53-31-25-23-26-32-53)68-61-47-39-57(40-48-61)63(3,4)58-41-49-62(50-42-58)69-71(65-52-30-22-20-18-16-14-12-10-8-6-2)67-60-45-37-56(38-46-60)54-33-27-24-28-34-54/h35-38,43-46,53-54,57-58,61-62H,5-34,39-42,47-52H2,1-4H3. The van der Waals surface area contributed by atoms with E-state index in [4.69, 9.17) is 27.1 Å². The Morgan fingerprint density at radius 1 is 0.380 bits per heavy atom. The summed E-state index contributed by atoms with van der Waals surface area (Å²) >= 11 is 0. The molecular weight excluding hydrogens is 915 g/mol. The molecule has 4 aliphatic rings. The second kappa shape index (κ2) is 35.1. The van der Waals surface area contributed by atoms with Crippen LogP contribution in [0.5, 0.6) is 11.5 Å². The van der Waals surface area contributed by atoms with Crippen LogP contribution in [0.4, 0.5) is 0 Å². The van der Waals surface area contributed by atoms with Crippen molar-refractivity contribution in [1.82, 2.24) is 0 Å². The predicted molar refractivity (Wildman–Crippen MR) is 303 cm³/mol. The summed E-state index contributed by atoms with van der Waals surface area (Å²) < 4.78 is 39.8. The van der Waals surface area contributed by atoms with Crippen LogP contribution in [0.2, 0.25) is 0 Å². The van der Waals surface area contributed by atoms with Crippen molar-refractivity contribution in [1.29, 1.82) is 0 Å². The van der Waals surface area contributed by atoms with Crippen LogP contribution >= 0.6 is 17.2 Å². The number of rotatable bonds is 36. The Morgan fingerprint density at radius 2 is 0.690 bits per heavy atom. The van der Waals surface area contributed by atoms with Crippen molar-refractivity contribution < 1.29 is 27.1 Å². The fraction of sp³-hybridized carbons (Fsp3) is 0.810. The van der Waals surface area contributed by atoms with Crippen LogP contribution in [0.15, 0.2) is 48.5 Å². The third kappa shape index (κ3) is 22.5. The van der Waals surface area contributed by atoms with Crippen LogP contribution in [0, 0.1) is 17.3 Å². The summed E-state index contributed by atoms with van der Waals surface area (Å²) in [5.41, 5.74) is 3.20. The van der Waals surface area contributed by atoms with Gasteiger partial charge in [0.15, 0.2) is 0 Å². The van der Waals surface area contributed by atoms with Crippen molar-refractivity contribution in [3.8, 4) is 11.5 Å². The fourth-order valence-electron chi connectivity index (χ4n) is 12.7. The lowest BCUT2D eigenvalue weighted by atomic mass is 9.60. The highest BCUT2D eigenvalue weighted by molar-refractivity contribution is 7.42. The molecule has 2 unspecified atom stereocenters. The zero-order valence-corrected chi connectivity index (χ0v) is 48.0. The van der Waals surface area contributed by atoms with Gasteiger partial charge in [-0.15, -0.1) is 0 Å². The molecule has 0 amide bonds. The van der Waals surface area contributed by atoms with Crippen molar-refractivity contribution in [3.05, 3.63) is 59.7 Å². The van der Waals surface area contributed by atoms with Gasteiger partial charge in [0, 0.05) is 0 Å². The molecule has 2 aromatic rings. The van der Waals surface area contributed by atoms with Crippen molar-refractivity contribution in [3.63, 3.8) is 0 Å². The first-order chi connectivity index (χ1) is 34.9. The number of hydrogen-bond acceptors (Lipinski definition) is 6. The summed E-state index contributed by atoms with van der Waals surface area (Å²) in [6.45, 7) is 11.2. The molecule has 0 aliphatic heterocycles. The molecule has 8 heteroatoms. The Hall–Kier alpha value is -1.26. The molecular formula is C63H106O6P2. The van der Waals surface area contributed by atoms with Gasteiger partial charge in [0.2, 0.25) is 0 Å². The normalized spacial score (nSPS) is 22.6. The number of benzene rings is 2. The average molecular weight is 1020 g/mol. The quantitative estimate of drug-likeness (QED) is 0.0501. The zero-order chi connectivity index (χ0) is 49.6. The monoisotopic (exact) mass is 1020 g/mol. The summed E-state index contributed by atoms with van der Waals surface area (Å²) in [5, 5.41) is 0. The second-order valence-electron chi connectivity index (χ2n) is 23.4. The maximum atomic E-state index is 6.82. The summed E-state index contributed by atoms with van der Waals surface area (Å²) in [4.78, 5) is 0. The van der Waals surface area contributed by atoms with Crippen LogP contribution in [0.25, 0.3) is 0 Å². The lowest BCUT2D eigenvalue weighted by Crippen LogP contribution is -2.38. The van der Waals surface area contributed by atoms with E-state index < -0.39 is 17.2 Å². The Kier molecular flexibility index (Phi) is 29.2. The maximum absolute atomic E-state index is 6.82. The molecule has 404 valence electrons. The first kappa shape index (κ1) is 59.0. The minimum Gasteiger partial charge on any atom is -0.427 e. The first-order valence-corrected chi connectivity index (χ1v) is 32.9. The highest BCUT2D eigenvalue weighted by atomic mass is 31.2. The average Bonchev–Trinajstić information content (AvgIpc) is 3.40. The van der Waals surface area contributed by atoms with Gasteiger partial charge in [-0.05, 0) is 154 Å². The Bertz CT molecular complexity index is 1480. The van der Waals surface area contributed by atoms with E-state index in [2.05, 4.69) is 76.2 Å². The van der Waals surface area contributed by atoms with Gasteiger partial charge in [-0.3, -0.25) is 9.05 Å². The van der Waals surface area contributed by atoms with E-state index in [-0.39, 0.29) is 17.6 Å². The summed E-state index contributed by atoms with van der Waals surface area (Å²) in [5.74, 6) is 4.55. The first-order valence-electron chi connectivity index (χ1n) is 30.7. The lowest BCUT2D eigenvalue weighted by molar-refractivity contribution is 0.00601. The van der Waals surface area contributed by atoms with Crippen molar-refractivity contribution in [2.75, 3.05) is 13.2 Å². The van der Waals surface area contributed by atoms with Crippen LogP contribution in [-0.4, -0.2) is 25.4 Å². The summed E-state index contributed by atoms with van der Waals surface area (Å²) in [7, 11) is -2.91. The Labute approximate surface area is 439 Å². The molecule has 6 nitrogen and oxygen atoms in total. The molecule has 4 aliphatic carbocycles. The molecule has 4 fully saturated rings. The van der Waals surface area contributed by atoms with Crippen molar-refractivity contribution in [2.24, 2.45) is 17.3 Å². The minimum atomic E-state index is -1.45. The van der Waals surface area contributed by atoms with Crippen LogP contribution in [0.1, 0.15) is 295 Å². The van der Waals surface area contributed by atoms with Gasteiger partial charge in [0.25, 0.3) is 0 Å². The molecule has 6 rings (SSSR count).